The second-order valence-electron chi connectivity index (χ2n) is 4.99. The van der Waals surface area contributed by atoms with Crippen LogP contribution in [0.3, 0.4) is 0 Å². The van der Waals surface area contributed by atoms with Crippen LogP contribution in [0.2, 0.25) is 0 Å². The molecule has 8 nitrogen and oxygen atoms in total. The number of hydrogen-bond donors (Lipinski definition) is 1. The molecule has 0 fully saturated rings. The average Bonchev–Trinajstić information content (AvgIpc) is 3.03. The predicted octanol–water partition coefficient (Wildman–Crippen LogP) is 4.95. The third kappa shape index (κ3) is 4.13. The van der Waals surface area contributed by atoms with Gasteiger partial charge >= 0.3 is 0 Å². The number of thiazole rings is 1. The molecule has 0 unspecified atom stereocenters. The fourth-order valence-corrected chi connectivity index (χ4v) is 2.89. The Kier molecular flexibility index (Phi) is 4.92. The molecule has 1 heterocycles. The van der Waals surface area contributed by atoms with E-state index in [4.69, 9.17) is 5.26 Å². The number of rotatable bonds is 6. The van der Waals surface area contributed by atoms with Crippen molar-refractivity contribution >= 4 is 43.7 Å². The summed E-state index contributed by atoms with van der Waals surface area (Å²) in [6.45, 7) is 0.592. The van der Waals surface area contributed by atoms with Crippen LogP contribution in [0, 0.1) is 21.4 Å². The summed E-state index contributed by atoms with van der Waals surface area (Å²) in [4.78, 5) is 14.6. The zero-order valence-electron chi connectivity index (χ0n) is 12.9. The first kappa shape index (κ1) is 16.5. The molecule has 0 aliphatic rings. The molecule has 0 bridgehead atoms. The molecule has 1 N–H and O–H groups in total. The van der Waals surface area contributed by atoms with Gasteiger partial charge in [-0.1, -0.05) is 11.3 Å². The highest BCUT2D eigenvalue weighted by Crippen LogP contribution is 2.31. The van der Waals surface area contributed by atoms with Crippen molar-refractivity contribution in [1.82, 2.24) is 4.98 Å². The van der Waals surface area contributed by atoms with Gasteiger partial charge in [0, 0.05) is 24.4 Å². The smallest absolute Gasteiger partial charge is 0.270 e. The first-order valence-electron chi connectivity index (χ1n) is 7.33. The molecule has 0 aliphatic heterocycles. The van der Waals surface area contributed by atoms with Crippen LogP contribution in [0.15, 0.2) is 52.7 Å². The van der Waals surface area contributed by atoms with Crippen LogP contribution in [0.4, 0.5) is 22.2 Å². The Labute approximate surface area is 146 Å². The third-order valence-corrected chi connectivity index (χ3v) is 4.16. The maximum atomic E-state index is 10.8. The summed E-state index contributed by atoms with van der Waals surface area (Å²) in [6.07, 6.45) is 0.442. The summed E-state index contributed by atoms with van der Waals surface area (Å²) in [5.74, 6) is 0. The van der Waals surface area contributed by atoms with Crippen LogP contribution in [0.1, 0.15) is 6.42 Å². The number of azo groups is 1. The molecular weight excluding hydrogens is 340 g/mol. The van der Waals surface area contributed by atoms with Gasteiger partial charge < -0.3 is 5.32 Å². The third-order valence-electron chi connectivity index (χ3n) is 3.26. The van der Waals surface area contributed by atoms with Crippen LogP contribution in [-0.2, 0) is 0 Å². The lowest BCUT2D eigenvalue weighted by Gasteiger charge is -2.02. The summed E-state index contributed by atoms with van der Waals surface area (Å²) in [5.41, 5.74) is 2.25. The van der Waals surface area contributed by atoms with Crippen molar-refractivity contribution in [2.24, 2.45) is 10.2 Å². The van der Waals surface area contributed by atoms with Gasteiger partial charge in [-0.15, -0.1) is 10.2 Å². The Morgan fingerprint density at radius 2 is 2.04 bits per heavy atom. The molecular formula is C16H12N6O2S. The largest absolute Gasteiger partial charge is 0.384 e. The molecule has 124 valence electrons. The summed E-state index contributed by atoms with van der Waals surface area (Å²) in [6, 6.07) is 13.9. The fraction of sp³-hybridized carbons (Fsp3) is 0.125. The van der Waals surface area contributed by atoms with Gasteiger partial charge in [0.2, 0.25) is 5.13 Å². The van der Waals surface area contributed by atoms with Crippen LogP contribution in [-0.4, -0.2) is 16.5 Å². The summed E-state index contributed by atoms with van der Waals surface area (Å²) in [5, 5.41) is 31.1. The van der Waals surface area contributed by atoms with Crippen molar-refractivity contribution in [3.8, 4) is 6.07 Å². The van der Waals surface area contributed by atoms with Crippen molar-refractivity contribution in [2.75, 3.05) is 11.9 Å². The lowest BCUT2D eigenvalue weighted by Crippen LogP contribution is -1.99. The number of hydrogen-bond acceptors (Lipinski definition) is 8. The Bertz CT molecular complexity index is 974. The normalized spacial score (nSPS) is 10.8. The number of non-ortho nitro benzene ring substituents is 1. The molecule has 0 saturated carbocycles. The lowest BCUT2D eigenvalue weighted by atomic mass is 10.3. The number of fused-ring (bicyclic) bond motifs is 1. The van der Waals surface area contributed by atoms with Crippen molar-refractivity contribution in [2.45, 2.75) is 6.42 Å². The van der Waals surface area contributed by atoms with E-state index in [1.165, 1.54) is 23.5 Å². The van der Waals surface area contributed by atoms with E-state index in [2.05, 4.69) is 26.6 Å². The first-order chi connectivity index (χ1) is 12.2. The Balaban J connectivity index is 1.72. The highest BCUT2D eigenvalue weighted by atomic mass is 32.1. The minimum absolute atomic E-state index is 0.0270. The average molecular weight is 352 g/mol. The van der Waals surface area contributed by atoms with Crippen molar-refractivity contribution in [3.63, 3.8) is 0 Å². The van der Waals surface area contributed by atoms with Gasteiger partial charge in [0.1, 0.15) is 0 Å². The number of anilines is 1. The van der Waals surface area contributed by atoms with Crippen LogP contribution in [0.25, 0.3) is 10.2 Å². The molecule has 0 amide bonds. The van der Waals surface area contributed by atoms with E-state index in [1.807, 2.05) is 12.1 Å². The molecule has 3 rings (SSSR count). The van der Waals surface area contributed by atoms with Gasteiger partial charge in [-0.25, -0.2) is 4.98 Å². The van der Waals surface area contributed by atoms with E-state index in [0.717, 1.165) is 5.69 Å². The molecule has 0 aliphatic carbocycles. The number of nitrogens with zero attached hydrogens (tertiary/aromatic N) is 5. The van der Waals surface area contributed by atoms with Crippen molar-refractivity contribution in [1.29, 1.82) is 5.26 Å². The van der Waals surface area contributed by atoms with Gasteiger partial charge in [0.15, 0.2) is 0 Å². The van der Waals surface area contributed by atoms with Gasteiger partial charge in [0.25, 0.3) is 5.69 Å². The lowest BCUT2D eigenvalue weighted by molar-refractivity contribution is -0.384. The molecule has 1 aromatic heterocycles. The maximum Gasteiger partial charge on any atom is 0.270 e. The van der Waals surface area contributed by atoms with E-state index in [9.17, 15) is 10.1 Å². The minimum atomic E-state index is -0.438. The van der Waals surface area contributed by atoms with E-state index in [-0.39, 0.29) is 5.69 Å². The van der Waals surface area contributed by atoms with Gasteiger partial charge in [-0.3, -0.25) is 10.1 Å². The summed E-state index contributed by atoms with van der Waals surface area (Å²) >= 11 is 1.25. The summed E-state index contributed by atoms with van der Waals surface area (Å²) < 4.78 is 0.695. The number of aromatic nitrogens is 1. The number of nitriles is 1. The van der Waals surface area contributed by atoms with Crippen molar-refractivity contribution in [3.05, 3.63) is 52.6 Å². The zero-order chi connectivity index (χ0) is 17.6. The van der Waals surface area contributed by atoms with Crippen LogP contribution >= 0.6 is 11.3 Å². The maximum absolute atomic E-state index is 10.8. The molecule has 9 heteroatoms. The Morgan fingerprint density at radius 1 is 1.24 bits per heavy atom. The molecule has 2 aromatic carbocycles. The summed E-state index contributed by atoms with van der Waals surface area (Å²) in [7, 11) is 0. The number of benzene rings is 2. The van der Waals surface area contributed by atoms with Gasteiger partial charge in [0.05, 0.1) is 33.3 Å². The molecule has 25 heavy (non-hydrogen) atoms. The fourth-order valence-electron chi connectivity index (χ4n) is 2.07. The highest BCUT2D eigenvalue weighted by Gasteiger charge is 2.09. The van der Waals surface area contributed by atoms with E-state index >= 15 is 0 Å². The van der Waals surface area contributed by atoms with Crippen LogP contribution < -0.4 is 5.32 Å². The number of nitro benzene ring substituents is 1. The topological polar surface area (TPSA) is 117 Å². The van der Waals surface area contributed by atoms with Gasteiger partial charge in [-0.05, 0) is 30.3 Å². The monoisotopic (exact) mass is 352 g/mol. The van der Waals surface area contributed by atoms with Crippen molar-refractivity contribution < 1.29 is 4.92 Å². The van der Waals surface area contributed by atoms with E-state index < -0.39 is 4.92 Å². The second kappa shape index (κ2) is 7.46. The minimum Gasteiger partial charge on any atom is -0.384 e. The standard InChI is InChI=1S/C16H12N6O2S/c17-8-1-9-18-11-2-4-12(5-3-11)20-21-16-19-14-7-6-13(22(23)24)10-15(14)25-16/h2-7,10,18H,1,9H2. The Hall–Kier alpha value is -3.38. The number of nitro groups is 1. The van der Waals surface area contributed by atoms with Gasteiger partial charge in [-0.2, -0.15) is 5.26 Å². The van der Waals surface area contributed by atoms with E-state index in [0.29, 0.717) is 34.0 Å². The molecule has 0 radical (unpaired) electrons. The van der Waals surface area contributed by atoms with Crippen LogP contribution in [0.5, 0.6) is 0 Å². The molecule has 0 spiro atoms. The first-order valence-corrected chi connectivity index (χ1v) is 8.15. The Morgan fingerprint density at radius 3 is 2.76 bits per heavy atom. The second-order valence-corrected chi connectivity index (χ2v) is 6.00. The number of nitrogens with one attached hydrogen (secondary N) is 1. The van der Waals surface area contributed by atoms with E-state index in [1.54, 1.807) is 18.2 Å². The SMILES string of the molecule is N#CCCNc1ccc(N=Nc2nc3ccc([N+](=O)[O-])cc3s2)cc1. The quantitative estimate of drug-likeness (QED) is 0.292. The molecule has 0 saturated heterocycles. The zero-order valence-corrected chi connectivity index (χ0v) is 13.7. The highest BCUT2D eigenvalue weighted by molar-refractivity contribution is 7.21. The molecule has 3 aromatic rings. The predicted molar refractivity (Wildman–Crippen MR) is 95.6 cm³/mol. The molecule has 0 atom stereocenters.